The molecule has 1 fully saturated rings. The lowest BCUT2D eigenvalue weighted by molar-refractivity contribution is 0.275. The third-order valence-corrected chi connectivity index (χ3v) is 5.48. The molecule has 1 saturated heterocycles. The summed E-state index contributed by atoms with van der Waals surface area (Å²) in [6, 6.07) is 9.08. The largest absolute Gasteiger partial charge is 0.315 e. The van der Waals surface area contributed by atoms with Crippen LogP contribution in [0.3, 0.4) is 0 Å². The minimum absolute atomic E-state index is 0.0511. The van der Waals surface area contributed by atoms with Crippen molar-refractivity contribution in [2.75, 3.05) is 13.1 Å². The first-order valence-electron chi connectivity index (χ1n) is 5.88. The smallest absolute Gasteiger partial charge is 0.123 e. The molecule has 0 radical (unpaired) electrons. The molecule has 0 saturated carbocycles. The molecular formula is C14H13BrFNS. The summed E-state index contributed by atoms with van der Waals surface area (Å²) in [4.78, 5) is 1.33. The zero-order valence-corrected chi connectivity index (χ0v) is 12.2. The number of nitrogens with one attached hydrogen (secondary N) is 1. The zero-order valence-electron chi connectivity index (χ0n) is 9.75. The lowest BCUT2D eigenvalue weighted by Crippen LogP contribution is -2.58. The zero-order chi connectivity index (χ0) is 12.6. The first-order valence-corrected chi connectivity index (χ1v) is 7.56. The summed E-state index contributed by atoms with van der Waals surface area (Å²) in [7, 11) is 0. The van der Waals surface area contributed by atoms with E-state index in [1.54, 1.807) is 23.5 Å². The van der Waals surface area contributed by atoms with Crippen molar-refractivity contribution in [1.82, 2.24) is 5.32 Å². The van der Waals surface area contributed by atoms with Gasteiger partial charge >= 0.3 is 0 Å². The van der Waals surface area contributed by atoms with E-state index in [-0.39, 0.29) is 11.2 Å². The normalized spacial score (nSPS) is 17.4. The lowest BCUT2D eigenvalue weighted by Gasteiger charge is -2.43. The average molecular weight is 326 g/mol. The maximum atomic E-state index is 13.4. The summed E-state index contributed by atoms with van der Waals surface area (Å²) in [5.41, 5.74) is 1.15. The highest BCUT2D eigenvalue weighted by molar-refractivity contribution is 9.10. The highest BCUT2D eigenvalue weighted by atomic mass is 79.9. The van der Waals surface area contributed by atoms with Gasteiger partial charge in [0.1, 0.15) is 5.82 Å². The van der Waals surface area contributed by atoms with E-state index in [0.29, 0.717) is 0 Å². The quantitative estimate of drug-likeness (QED) is 0.906. The highest BCUT2D eigenvalue weighted by Crippen LogP contribution is 2.36. The number of halogens is 2. The minimum Gasteiger partial charge on any atom is -0.315 e. The first kappa shape index (κ1) is 12.3. The number of hydrogen-bond acceptors (Lipinski definition) is 2. The molecule has 0 atom stereocenters. The number of rotatable bonds is 3. The van der Waals surface area contributed by atoms with E-state index in [4.69, 9.17) is 0 Å². The fraction of sp³-hybridized carbons (Fsp3) is 0.286. The minimum atomic E-state index is -0.149. The van der Waals surface area contributed by atoms with E-state index in [9.17, 15) is 4.39 Å². The maximum Gasteiger partial charge on any atom is 0.123 e. The van der Waals surface area contributed by atoms with E-state index >= 15 is 0 Å². The third-order valence-electron chi connectivity index (χ3n) is 3.55. The summed E-state index contributed by atoms with van der Waals surface area (Å²) in [6.45, 7) is 1.83. The van der Waals surface area contributed by atoms with Crippen molar-refractivity contribution in [1.29, 1.82) is 0 Å². The molecule has 1 aliphatic heterocycles. The third kappa shape index (κ3) is 2.13. The van der Waals surface area contributed by atoms with Crippen LogP contribution in [0, 0.1) is 5.82 Å². The number of hydrogen-bond donors (Lipinski definition) is 1. The van der Waals surface area contributed by atoms with Gasteiger partial charge in [-0.05, 0) is 51.5 Å². The molecule has 1 aromatic carbocycles. The van der Waals surface area contributed by atoms with Crippen LogP contribution in [-0.4, -0.2) is 13.1 Å². The van der Waals surface area contributed by atoms with Gasteiger partial charge in [-0.3, -0.25) is 0 Å². The molecule has 0 spiro atoms. The summed E-state index contributed by atoms with van der Waals surface area (Å²) < 4.78 is 14.6. The summed E-state index contributed by atoms with van der Waals surface area (Å²) in [5.74, 6) is -0.149. The Balaban J connectivity index is 1.93. The molecule has 0 aliphatic carbocycles. The number of thiophene rings is 1. The van der Waals surface area contributed by atoms with Crippen molar-refractivity contribution in [2.45, 2.75) is 11.8 Å². The Kier molecular flexibility index (Phi) is 3.26. The average Bonchev–Trinajstić information content (AvgIpc) is 2.69. The van der Waals surface area contributed by atoms with Crippen LogP contribution in [0.15, 0.2) is 40.2 Å². The van der Waals surface area contributed by atoms with Gasteiger partial charge in [0, 0.05) is 27.9 Å². The molecule has 18 heavy (non-hydrogen) atoms. The van der Waals surface area contributed by atoms with Gasteiger partial charge in [-0.2, -0.15) is 0 Å². The molecule has 0 unspecified atom stereocenters. The lowest BCUT2D eigenvalue weighted by atomic mass is 9.72. The molecule has 0 amide bonds. The van der Waals surface area contributed by atoms with Crippen molar-refractivity contribution in [2.24, 2.45) is 0 Å². The molecular weight excluding hydrogens is 313 g/mol. The Bertz CT molecular complexity index is 562. The van der Waals surface area contributed by atoms with Crippen molar-refractivity contribution >= 4 is 27.3 Å². The molecule has 2 heterocycles. The molecule has 0 bridgehead atoms. The molecule has 3 rings (SSSR count). The maximum absolute atomic E-state index is 13.4. The van der Waals surface area contributed by atoms with E-state index in [1.807, 2.05) is 6.07 Å². The fourth-order valence-corrected chi connectivity index (χ4v) is 4.07. The van der Waals surface area contributed by atoms with Crippen LogP contribution >= 0.6 is 27.3 Å². The van der Waals surface area contributed by atoms with Gasteiger partial charge in [-0.15, -0.1) is 11.3 Å². The van der Waals surface area contributed by atoms with E-state index in [2.05, 4.69) is 32.7 Å². The van der Waals surface area contributed by atoms with Gasteiger partial charge in [0.25, 0.3) is 0 Å². The standard InChI is InChI=1S/C14H13BrFNS/c15-12-4-5-18-13(12)7-14(8-17-9-14)10-2-1-3-11(16)6-10/h1-6,17H,7-9H2. The van der Waals surface area contributed by atoms with E-state index in [1.165, 1.54) is 10.9 Å². The Hall–Kier alpha value is -0.710. The fourth-order valence-electron chi connectivity index (χ4n) is 2.43. The molecule has 1 N–H and O–H groups in total. The molecule has 2 aromatic rings. The molecule has 1 nitrogen and oxygen atoms in total. The second-order valence-corrected chi connectivity index (χ2v) is 6.62. The van der Waals surface area contributed by atoms with E-state index < -0.39 is 0 Å². The van der Waals surface area contributed by atoms with Crippen LogP contribution < -0.4 is 5.32 Å². The Morgan fingerprint density at radius 1 is 1.33 bits per heavy atom. The van der Waals surface area contributed by atoms with Crippen LogP contribution in [-0.2, 0) is 11.8 Å². The Morgan fingerprint density at radius 2 is 2.17 bits per heavy atom. The van der Waals surface area contributed by atoms with Gasteiger partial charge in [-0.1, -0.05) is 12.1 Å². The van der Waals surface area contributed by atoms with Crippen molar-refractivity contribution in [3.63, 3.8) is 0 Å². The predicted octanol–water partition coefficient (Wildman–Crippen LogP) is 3.73. The SMILES string of the molecule is Fc1cccc(C2(Cc3sccc3Br)CNC2)c1. The van der Waals surface area contributed by atoms with Crippen LogP contribution in [0.4, 0.5) is 4.39 Å². The van der Waals surface area contributed by atoms with Crippen LogP contribution in [0.1, 0.15) is 10.4 Å². The van der Waals surface area contributed by atoms with Crippen molar-refractivity contribution in [3.05, 3.63) is 56.4 Å². The van der Waals surface area contributed by atoms with Gasteiger partial charge in [0.2, 0.25) is 0 Å². The van der Waals surface area contributed by atoms with Crippen LogP contribution in [0.2, 0.25) is 0 Å². The Labute approximate surface area is 118 Å². The molecule has 94 valence electrons. The first-order chi connectivity index (χ1) is 8.70. The van der Waals surface area contributed by atoms with Crippen molar-refractivity contribution in [3.8, 4) is 0 Å². The molecule has 1 aliphatic rings. The second kappa shape index (κ2) is 4.76. The molecule has 4 heteroatoms. The van der Waals surface area contributed by atoms with Crippen molar-refractivity contribution < 1.29 is 4.39 Å². The van der Waals surface area contributed by atoms with Gasteiger partial charge < -0.3 is 5.32 Å². The summed E-state index contributed by atoms with van der Waals surface area (Å²) in [5, 5.41) is 5.41. The van der Waals surface area contributed by atoms with Gasteiger partial charge in [0.05, 0.1) is 0 Å². The van der Waals surface area contributed by atoms with E-state index in [0.717, 1.165) is 29.5 Å². The number of benzene rings is 1. The monoisotopic (exact) mass is 325 g/mol. The van der Waals surface area contributed by atoms with Gasteiger partial charge in [0.15, 0.2) is 0 Å². The molecule has 1 aromatic heterocycles. The summed E-state index contributed by atoms with van der Waals surface area (Å²) in [6.07, 6.45) is 0.960. The Morgan fingerprint density at radius 3 is 2.72 bits per heavy atom. The van der Waals surface area contributed by atoms with Crippen LogP contribution in [0.25, 0.3) is 0 Å². The predicted molar refractivity (Wildman–Crippen MR) is 76.7 cm³/mol. The second-order valence-electron chi connectivity index (χ2n) is 4.76. The highest BCUT2D eigenvalue weighted by Gasteiger charge is 2.39. The topological polar surface area (TPSA) is 12.0 Å². The van der Waals surface area contributed by atoms with Crippen LogP contribution in [0.5, 0.6) is 0 Å². The summed E-state index contributed by atoms with van der Waals surface area (Å²) >= 11 is 5.33. The van der Waals surface area contributed by atoms with Gasteiger partial charge in [-0.25, -0.2) is 4.39 Å².